The van der Waals surface area contributed by atoms with Crippen molar-refractivity contribution in [3.8, 4) is 11.6 Å². The molecule has 1 aromatic heterocycles. The van der Waals surface area contributed by atoms with Crippen LogP contribution in [0.1, 0.15) is 17.3 Å². The maximum absolute atomic E-state index is 12.1. The minimum absolute atomic E-state index is 0.117. The van der Waals surface area contributed by atoms with Crippen molar-refractivity contribution >= 4 is 51.1 Å². The van der Waals surface area contributed by atoms with E-state index >= 15 is 0 Å². The van der Waals surface area contributed by atoms with Crippen molar-refractivity contribution < 1.29 is 24.5 Å². The molecule has 2 aromatic carbocycles. The van der Waals surface area contributed by atoms with Gasteiger partial charge in [0.2, 0.25) is 5.88 Å². The summed E-state index contributed by atoms with van der Waals surface area (Å²) in [5.74, 6) is -0.789. The number of azo groups is 1. The molecule has 0 fully saturated rings. The van der Waals surface area contributed by atoms with Gasteiger partial charge in [-0.1, -0.05) is 0 Å². The smallest absolute Gasteiger partial charge is 0.300 e. The van der Waals surface area contributed by atoms with Crippen molar-refractivity contribution in [2.75, 3.05) is 7.11 Å². The number of nitrogens with one attached hydrogen (secondary N) is 1. The topological polar surface area (TPSA) is 124 Å². The Bertz CT molecular complexity index is 992. The number of H-pyrrole nitrogens is 1. The molecule has 8 nitrogen and oxygen atoms in total. The first-order valence-corrected chi connectivity index (χ1v) is 8.69. The molecule has 0 aliphatic carbocycles. The third-order valence-corrected chi connectivity index (χ3v) is 3.96. The van der Waals surface area contributed by atoms with Crippen LogP contribution < -0.4 is 4.74 Å². The molecular formula is C18H16IN3O5. The van der Waals surface area contributed by atoms with E-state index < -0.39 is 11.9 Å². The fourth-order valence-corrected chi connectivity index (χ4v) is 2.61. The lowest BCUT2D eigenvalue weighted by Gasteiger charge is -1.99. The zero-order chi connectivity index (χ0) is 20.0. The monoisotopic (exact) mass is 481 g/mol. The van der Waals surface area contributed by atoms with Crippen LogP contribution >= 0.6 is 22.6 Å². The molecule has 1 amide bonds. The predicted molar refractivity (Wildman–Crippen MR) is 108 cm³/mol. The van der Waals surface area contributed by atoms with Crippen LogP contribution in [0.25, 0.3) is 10.9 Å². The van der Waals surface area contributed by atoms with E-state index in [2.05, 4.69) is 37.8 Å². The van der Waals surface area contributed by atoms with Gasteiger partial charge in [0.05, 0.1) is 12.6 Å². The van der Waals surface area contributed by atoms with Gasteiger partial charge in [0, 0.05) is 21.4 Å². The molecule has 3 aromatic rings. The Morgan fingerprint density at radius 1 is 1.15 bits per heavy atom. The number of carbonyl (C=O) groups excluding carboxylic acids is 1. The average Bonchev–Trinajstić information content (AvgIpc) is 2.94. The summed E-state index contributed by atoms with van der Waals surface area (Å²) in [6.45, 7) is 1.08. The first-order valence-electron chi connectivity index (χ1n) is 7.61. The average molecular weight is 481 g/mol. The van der Waals surface area contributed by atoms with E-state index in [9.17, 15) is 9.90 Å². The molecule has 1 heterocycles. The Morgan fingerprint density at radius 2 is 1.78 bits per heavy atom. The normalized spacial score (nSPS) is 10.5. The maximum atomic E-state index is 12.1. The zero-order valence-electron chi connectivity index (χ0n) is 14.4. The zero-order valence-corrected chi connectivity index (χ0v) is 16.6. The number of hydrogen-bond acceptors (Lipinski definition) is 5. The fraction of sp³-hybridized carbons (Fsp3) is 0.111. The summed E-state index contributed by atoms with van der Waals surface area (Å²) >= 11 is 2.16. The van der Waals surface area contributed by atoms with Crippen molar-refractivity contribution in [3.63, 3.8) is 0 Å². The second-order valence-corrected chi connectivity index (χ2v) is 6.51. The molecule has 0 saturated heterocycles. The lowest BCUT2D eigenvalue weighted by atomic mass is 10.2. The quantitative estimate of drug-likeness (QED) is 0.375. The molecule has 0 aliphatic heterocycles. The first kappa shape index (κ1) is 20.4. The van der Waals surface area contributed by atoms with Crippen LogP contribution in [0, 0.1) is 3.57 Å². The molecular weight excluding hydrogens is 465 g/mol. The number of aromatic nitrogens is 1. The van der Waals surface area contributed by atoms with E-state index in [0.717, 1.165) is 16.0 Å². The molecule has 0 saturated carbocycles. The van der Waals surface area contributed by atoms with Crippen LogP contribution in [0.15, 0.2) is 52.7 Å². The van der Waals surface area contributed by atoms with E-state index in [1.54, 1.807) is 31.4 Å². The molecule has 3 N–H and O–H groups in total. The molecule has 0 spiro atoms. The summed E-state index contributed by atoms with van der Waals surface area (Å²) in [6.07, 6.45) is 0. The van der Waals surface area contributed by atoms with Gasteiger partial charge in [-0.15, -0.1) is 10.2 Å². The molecule has 27 heavy (non-hydrogen) atoms. The Balaban J connectivity index is 0.000000596. The number of carbonyl (C=O) groups is 2. The Morgan fingerprint density at radius 3 is 2.37 bits per heavy atom. The third-order valence-electron chi connectivity index (χ3n) is 3.29. The number of nitrogens with zero attached hydrogens (tertiary/aromatic N) is 2. The lowest BCUT2D eigenvalue weighted by Crippen LogP contribution is -1.93. The van der Waals surface area contributed by atoms with Gasteiger partial charge in [0.15, 0.2) is 5.69 Å². The highest BCUT2D eigenvalue weighted by atomic mass is 127. The van der Waals surface area contributed by atoms with Crippen molar-refractivity contribution in [2.45, 2.75) is 6.92 Å². The van der Waals surface area contributed by atoms with Gasteiger partial charge in [-0.2, -0.15) is 0 Å². The minimum atomic E-state index is -0.833. The van der Waals surface area contributed by atoms with Gasteiger partial charge >= 0.3 is 0 Å². The van der Waals surface area contributed by atoms with Crippen LogP contribution in [-0.4, -0.2) is 34.2 Å². The number of rotatable bonds is 3. The SMILES string of the molecule is CC(=O)O.COc1ccc(C(=O)N=Nc2c(O)[nH]c3ccc(I)cc23)cc1. The molecule has 0 unspecified atom stereocenters. The van der Waals surface area contributed by atoms with Crippen molar-refractivity contribution in [3.05, 3.63) is 51.6 Å². The van der Waals surface area contributed by atoms with Gasteiger partial charge in [-0.3, -0.25) is 9.59 Å². The standard InChI is InChI=1S/C16H12IN3O3.C2H4O2/c1-23-11-5-2-9(3-6-11)15(21)20-19-14-12-8-10(17)4-7-13(12)18-16(14)22;1-2(3)4/h2-8,18,22H,1H3;1H3,(H,3,4). The van der Waals surface area contributed by atoms with Crippen LogP contribution in [-0.2, 0) is 4.79 Å². The molecule has 0 radical (unpaired) electrons. The number of amides is 1. The van der Waals surface area contributed by atoms with Gasteiger partial charge in [-0.05, 0) is 65.1 Å². The lowest BCUT2D eigenvalue weighted by molar-refractivity contribution is -0.134. The van der Waals surface area contributed by atoms with E-state index in [0.29, 0.717) is 16.7 Å². The van der Waals surface area contributed by atoms with E-state index in [1.807, 2.05) is 18.2 Å². The number of hydrogen-bond donors (Lipinski definition) is 3. The minimum Gasteiger partial charge on any atom is -0.497 e. The summed E-state index contributed by atoms with van der Waals surface area (Å²) in [4.78, 5) is 23.9. The molecule has 9 heteroatoms. The summed E-state index contributed by atoms with van der Waals surface area (Å²) in [5, 5.41) is 25.7. The number of ether oxygens (including phenoxy) is 1. The molecule has 3 rings (SSSR count). The second kappa shape index (κ2) is 9.12. The van der Waals surface area contributed by atoms with Gasteiger partial charge in [0.25, 0.3) is 11.9 Å². The van der Waals surface area contributed by atoms with Crippen molar-refractivity contribution in [1.29, 1.82) is 0 Å². The summed E-state index contributed by atoms with van der Waals surface area (Å²) in [7, 11) is 1.55. The number of aromatic amines is 1. The predicted octanol–water partition coefficient (Wildman–Crippen LogP) is 4.50. The highest BCUT2D eigenvalue weighted by Crippen LogP contribution is 2.36. The van der Waals surface area contributed by atoms with Gasteiger partial charge in [-0.25, -0.2) is 0 Å². The third kappa shape index (κ3) is 5.51. The summed E-state index contributed by atoms with van der Waals surface area (Å²) in [6, 6.07) is 12.2. The van der Waals surface area contributed by atoms with Crippen LogP contribution in [0.3, 0.4) is 0 Å². The van der Waals surface area contributed by atoms with E-state index in [-0.39, 0.29) is 11.6 Å². The maximum Gasteiger partial charge on any atom is 0.300 e. The highest BCUT2D eigenvalue weighted by molar-refractivity contribution is 14.1. The molecule has 0 bridgehead atoms. The largest absolute Gasteiger partial charge is 0.497 e. The number of fused-ring (bicyclic) bond motifs is 1. The number of carboxylic acids is 1. The fourth-order valence-electron chi connectivity index (χ4n) is 2.12. The summed E-state index contributed by atoms with van der Waals surface area (Å²) in [5.41, 5.74) is 1.37. The van der Waals surface area contributed by atoms with Crippen LogP contribution in [0.2, 0.25) is 0 Å². The number of aromatic hydroxyl groups is 1. The number of halogens is 1. The van der Waals surface area contributed by atoms with E-state index in [4.69, 9.17) is 14.6 Å². The number of aliphatic carboxylic acids is 1. The van der Waals surface area contributed by atoms with E-state index in [1.165, 1.54) is 0 Å². The Hall–Kier alpha value is -2.95. The summed E-state index contributed by atoms with van der Waals surface area (Å²) < 4.78 is 6.03. The number of methoxy groups -OCH3 is 1. The number of benzene rings is 2. The Labute approximate surface area is 168 Å². The Kier molecular flexibility index (Phi) is 6.88. The highest BCUT2D eigenvalue weighted by Gasteiger charge is 2.12. The first-order chi connectivity index (χ1) is 12.8. The molecule has 140 valence electrons. The van der Waals surface area contributed by atoms with Gasteiger partial charge < -0.3 is 19.9 Å². The van der Waals surface area contributed by atoms with Crippen molar-refractivity contribution in [2.24, 2.45) is 10.2 Å². The molecule has 0 atom stereocenters. The van der Waals surface area contributed by atoms with Crippen LogP contribution in [0.4, 0.5) is 5.69 Å². The molecule has 0 aliphatic rings. The second-order valence-electron chi connectivity index (χ2n) is 5.26. The van der Waals surface area contributed by atoms with Crippen LogP contribution in [0.5, 0.6) is 11.6 Å². The number of carboxylic acid groups (broad SMARTS) is 1. The van der Waals surface area contributed by atoms with Gasteiger partial charge in [0.1, 0.15) is 5.75 Å². The van der Waals surface area contributed by atoms with Crippen molar-refractivity contribution in [1.82, 2.24) is 4.98 Å².